The van der Waals surface area contributed by atoms with Gasteiger partial charge in [0.2, 0.25) is 5.91 Å². The van der Waals surface area contributed by atoms with Crippen molar-refractivity contribution in [3.63, 3.8) is 0 Å². The third-order valence-electron chi connectivity index (χ3n) is 5.33. The van der Waals surface area contributed by atoms with Gasteiger partial charge in [0.1, 0.15) is 0 Å². The van der Waals surface area contributed by atoms with Crippen LogP contribution in [0.4, 0.5) is 0 Å². The summed E-state index contributed by atoms with van der Waals surface area (Å²) in [6.07, 6.45) is 4.76. The van der Waals surface area contributed by atoms with Gasteiger partial charge >= 0.3 is 0 Å². The predicted molar refractivity (Wildman–Crippen MR) is 100 cm³/mol. The maximum Gasteiger partial charge on any atom is 0.226 e. The van der Waals surface area contributed by atoms with Crippen molar-refractivity contribution in [1.29, 1.82) is 0 Å². The van der Waals surface area contributed by atoms with E-state index in [2.05, 4.69) is 30.5 Å². The summed E-state index contributed by atoms with van der Waals surface area (Å²) in [5, 5.41) is 7.70. The summed E-state index contributed by atoms with van der Waals surface area (Å²) in [5.41, 5.74) is 0.682. The first-order valence-corrected chi connectivity index (χ1v) is 9.84. The SMILES string of the molecule is CCC(CC)(Cc1nc2ccccc2s1)C(=O)NCC1CCCN1. The van der Waals surface area contributed by atoms with Gasteiger partial charge in [-0.25, -0.2) is 4.98 Å². The number of nitrogens with one attached hydrogen (secondary N) is 2. The summed E-state index contributed by atoms with van der Waals surface area (Å²) in [5.74, 6) is 0.181. The second-order valence-electron chi connectivity index (χ2n) is 6.74. The Balaban J connectivity index is 1.72. The third-order valence-corrected chi connectivity index (χ3v) is 6.37. The van der Waals surface area contributed by atoms with E-state index in [9.17, 15) is 4.79 Å². The molecule has 0 saturated carbocycles. The number of amides is 1. The largest absolute Gasteiger partial charge is 0.354 e. The van der Waals surface area contributed by atoms with Crippen LogP contribution in [0, 0.1) is 5.41 Å². The molecule has 1 saturated heterocycles. The van der Waals surface area contributed by atoms with Crippen LogP contribution < -0.4 is 10.6 Å². The fourth-order valence-electron chi connectivity index (χ4n) is 3.52. The van der Waals surface area contributed by atoms with Gasteiger partial charge in [-0.3, -0.25) is 4.79 Å². The first-order chi connectivity index (χ1) is 11.7. The van der Waals surface area contributed by atoms with Crippen molar-refractivity contribution in [3.8, 4) is 0 Å². The standard InChI is InChI=1S/C19H27N3OS/c1-3-19(4-2,18(23)21-13-14-8-7-11-20-14)12-17-22-15-9-5-6-10-16(15)24-17/h5-6,9-10,14,20H,3-4,7-8,11-13H2,1-2H3,(H,21,23). The zero-order valence-corrected chi connectivity index (χ0v) is 15.4. The van der Waals surface area contributed by atoms with Crippen molar-refractivity contribution in [2.75, 3.05) is 13.1 Å². The fourth-order valence-corrected chi connectivity index (χ4v) is 4.63. The summed E-state index contributed by atoms with van der Waals surface area (Å²) < 4.78 is 1.20. The molecule has 5 heteroatoms. The van der Waals surface area contributed by atoms with Crippen molar-refractivity contribution < 1.29 is 4.79 Å². The quantitative estimate of drug-likeness (QED) is 0.807. The van der Waals surface area contributed by atoms with E-state index in [4.69, 9.17) is 4.98 Å². The number of thiazole rings is 1. The van der Waals surface area contributed by atoms with Gasteiger partial charge in [-0.2, -0.15) is 0 Å². The number of hydrogen-bond donors (Lipinski definition) is 2. The van der Waals surface area contributed by atoms with Gasteiger partial charge in [0.25, 0.3) is 0 Å². The highest BCUT2D eigenvalue weighted by molar-refractivity contribution is 7.18. The van der Waals surface area contributed by atoms with Gasteiger partial charge in [0, 0.05) is 19.0 Å². The molecular formula is C19H27N3OS. The molecule has 2 heterocycles. The Labute approximate surface area is 148 Å². The fraction of sp³-hybridized carbons (Fsp3) is 0.579. The Morgan fingerprint density at radius 3 is 2.83 bits per heavy atom. The van der Waals surface area contributed by atoms with E-state index < -0.39 is 0 Å². The molecular weight excluding hydrogens is 318 g/mol. The summed E-state index contributed by atoms with van der Waals surface area (Å²) in [7, 11) is 0. The minimum Gasteiger partial charge on any atom is -0.354 e. The normalized spacial score (nSPS) is 18.2. The van der Waals surface area contributed by atoms with Crippen LogP contribution in [0.25, 0.3) is 10.2 Å². The monoisotopic (exact) mass is 345 g/mol. The van der Waals surface area contributed by atoms with Gasteiger partial charge < -0.3 is 10.6 Å². The van der Waals surface area contributed by atoms with Gasteiger partial charge in [0.15, 0.2) is 0 Å². The van der Waals surface area contributed by atoms with Crippen molar-refractivity contribution in [2.45, 2.75) is 52.0 Å². The third kappa shape index (κ3) is 3.62. The van der Waals surface area contributed by atoms with Crippen LogP contribution >= 0.6 is 11.3 Å². The van der Waals surface area contributed by atoms with E-state index in [1.807, 2.05) is 18.2 Å². The van der Waals surface area contributed by atoms with Crippen LogP contribution in [-0.4, -0.2) is 30.0 Å². The average Bonchev–Trinajstić information content (AvgIpc) is 3.26. The Kier molecular flexibility index (Phi) is 5.51. The molecule has 0 spiro atoms. The van der Waals surface area contributed by atoms with Crippen molar-refractivity contribution in [2.24, 2.45) is 5.41 Å². The molecule has 0 aliphatic carbocycles. The van der Waals surface area contributed by atoms with Crippen LogP contribution in [0.5, 0.6) is 0 Å². The molecule has 1 fully saturated rings. The van der Waals surface area contributed by atoms with Gasteiger partial charge in [-0.1, -0.05) is 26.0 Å². The molecule has 1 aliphatic rings. The smallest absolute Gasteiger partial charge is 0.226 e. The molecule has 0 bridgehead atoms. The zero-order valence-electron chi connectivity index (χ0n) is 14.6. The average molecular weight is 346 g/mol. The van der Waals surface area contributed by atoms with Gasteiger partial charge in [0.05, 0.1) is 20.6 Å². The van der Waals surface area contributed by atoms with Gasteiger partial charge in [-0.05, 0) is 44.4 Å². The second-order valence-corrected chi connectivity index (χ2v) is 7.86. The predicted octanol–water partition coefficient (Wildman–Crippen LogP) is 3.51. The highest BCUT2D eigenvalue weighted by Crippen LogP contribution is 2.34. The molecule has 1 atom stereocenters. The number of fused-ring (bicyclic) bond motifs is 1. The van der Waals surface area contributed by atoms with Crippen LogP contribution in [0.3, 0.4) is 0 Å². The van der Waals surface area contributed by atoms with E-state index in [1.165, 1.54) is 11.1 Å². The Hall–Kier alpha value is -1.46. The minimum atomic E-state index is -0.355. The first-order valence-electron chi connectivity index (χ1n) is 9.03. The zero-order chi connectivity index (χ0) is 17.0. The highest BCUT2D eigenvalue weighted by atomic mass is 32.1. The maximum atomic E-state index is 12.9. The number of aromatic nitrogens is 1. The lowest BCUT2D eigenvalue weighted by Gasteiger charge is -2.30. The number of hydrogen-bond acceptors (Lipinski definition) is 4. The molecule has 2 N–H and O–H groups in total. The lowest BCUT2D eigenvalue weighted by molar-refractivity contribution is -0.131. The molecule has 1 unspecified atom stereocenters. The number of nitrogens with zero attached hydrogens (tertiary/aromatic N) is 1. The summed E-state index contributed by atoms with van der Waals surface area (Å²) in [4.78, 5) is 17.7. The summed E-state index contributed by atoms with van der Waals surface area (Å²) >= 11 is 1.71. The topological polar surface area (TPSA) is 54.0 Å². The summed E-state index contributed by atoms with van der Waals surface area (Å²) in [6.45, 7) is 6.04. The lowest BCUT2D eigenvalue weighted by atomic mass is 9.78. The second kappa shape index (κ2) is 7.62. The van der Waals surface area contributed by atoms with Crippen molar-refractivity contribution >= 4 is 27.5 Å². The van der Waals surface area contributed by atoms with E-state index in [-0.39, 0.29) is 11.3 Å². The number of carbonyl (C=O) groups excluding carboxylic acids is 1. The van der Waals surface area contributed by atoms with Crippen molar-refractivity contribution in [1.82, 2.24) is 15.6 Å². The van der Waals surface area contributed by atoms with Crippen LogP contribution in [-0.2, 0) is 11.2 Å². The van der Waals surface area contributed by atoms with E-state index in [0.29, 0.717) is 6.04 Å². The van der Waals surface area contributed by atoms with E-state index in [1.54, 1.807) is 11.3 Å². The van der Waals surface area contributed by atoms with Crippen LogP contribution in [0.1, 0.15) is 44.5 Å². The Morgan fingerprint density at radius 2 is 2.17 bits per heavy atom. The molecule has 1 amide bonds. The van der Waals surface area contributed by atoms with Crippen LogP contribution in [0.15, 0.2) is 24.3 Å². The molecule has 130 valence electrons. The molecule has 1 aromatic heterocycles. The summed E-state index contributed by atoms with van der Waals surface area (Å²) in [6, 6.07) is 8.63. The van der Waals surface area contributed by atoms with Gasteiger partial charge in [-0.15, -0.1) is 11.3 Å². The Bertz CT molecular complexity index is 654. The molecule has 4 nitrogen and oxygen atoms in total. The first kappa shape index (κ1) is 17.4. The van der Waals surface area contributed by atoms with Crippen molar-refractivity contribution in [3.05, 3.63) is 29.3 Å². The minimum absolute atomic E-state index is 0.181. The molecule has 0 radical (unpaired) electrons. The molecule has 1 aromatic carbocycles. The number of rotatable bonds is 7. The number of benzene rings is 1. The Morgan fingerprint density at radius 1 is 1.38 bits per heavy atom. The number of carbonyl (C=O) groups is 1. The molecule has 2 aromatic rings. The van der Waals surface area contributed by atoms with E-state index in [0.717, 1.165) is 49.3 Å². The number of para-hydroxylation sites is 1. The maximum absolute atomic E-state index is 12.9. The van der Waals surface area contributed by atoms with Crippen LogP contribution in [0.2, 0.25) is 0 Å². The molecule has 1 aliphatic heterocycles. The highest BCUT2D eigenvalue weighted by Gasteiger charge is 2.36. The van der Waals surface area contributed by atoms with E-state index >= 15 is 0 Å². The molecule has 3 rings (SSSR count). The lowest BCUT2D eigenvalue weighted by Crippen LogP contribution is -2.46. The molecule has 24 heavy (non-hydrogen) atoms.